The van der Waals surface area contributed by atoms with Gasteiger partial charge in [0.15, 0.2) is 11.5 Å². The number of hydrogen-bond donors (Lipinski definition) is 0. The minimum absolute atomic E-state index is 0.131. The van der Waals surface area contributed by atoms with E-state index in [2.05, 4.69) is 0 Å². The maximum atomic E-state index is 12.6. The van der Waals surface area contributed by atoms with Crippen molar-refractivity contribution < 1.29 is 22.7 Å². The number of hydrogen-bond acceptors (Lipinski definition) is 5. The van der Waals surface area contributed by atoms with Crippen LogP contribution in [0.2, 0.25) is 0 Å². The largest absolute Gasteiger partial charge is 0.454 e. The average molecular weight is 368 g/mol. The summed E-state index contributed by atoms with van der Waals surface area (Å²) >= 11 is 0. The second-order valence-electron chi connectivity index (χ2n) is 6.51. The summed E-state index contributed by atoms with van der Waals surface area (Å²) < 4.78 is 36.1. The van der Waals surface area contributed by atoms with Crippen molar-refractivity contribution in [2.45, 2.75) is 32.2 Å². The lowest BCUT2D eigenvalue weighted by Crippen LogP contribution is -2.42. The van der Waals surface area contributed by atoms with Gasteiger partial charge >= 0.3 is 0 Å². The van der Waals surface area contributed by atoms with Crippen molar-refractivity contribution in [2.75, 3.05) is 32.7 Å². The number of carbonyl (C=O) groups excluding carboxylic acids is 1. The highest BCUT2D eigenvalue weighted by molar-refractivity contribution is 7.88. The van der Waals surface area contributed by atoms with Gasteiger partial charge < -0.3 is 14.4 Å². The summed E-state index contributed by atoms with van der Waals surface area (Å²) in [4.78, 5) is 14.3. The van der Waals surface area contributed by atoms with E-state index in [4.69, 9.17) is 9.47 Å². The summed E-state index contributed by atoms with van der Waals surface area (Å²) in [6.07, 6.45) is 5.34. The van der Waals surface area contributed by atoms with Gasteiger partial charge in [0.25, 0.3) is 0 Å². The van der Waals surface area contributed by atoms with Gasteiger partial charge in [-0.05, 0) is 30.5 Å². The van der Waals surface area contributed by atoms with Gasteiger partial charge in [0, 0.05) is 19.6 Å². The average Bonchev–Trinajstić information content (AvgIpc) is 2.85. The van der Waals surface area contributed by atoms with Gasteiger partial charge in [-0.15, -0.1) is 0 Å². The van der Waals surface area contributed by atoms with Crippen molar-refractivity contribution in [3.05, 3.63) is 23.8 Å². The Morgan fingerprint density at radius 3 is 2.48 bits per heavy atom. The van der Waals surface area contributed by atoms with Crippen LogP contribution in [-0.4, -0.2) is 56.2 Å². The van der Waals surface area contributed by atoms with E-state index in [1.54, 1.807) is 23.1 Å². The van der Waals surface area contributed by atoms with Crippen molar-refractivity contribution in [3.63, 3.8) is 0 Å². The third kappa shape index (κ3) is 4.64. The number of benzene rings is 1. The third-order valence-electron chi connectivity index (χ3n) is 4.54. The molecule has 1 fully saturated rings. The molecule has 0 aliphatic carbocycles. The van der Waals surface area contributed by atoms with E-state index >= 15 is 0 Å². The first-order chi connectivity index (χ1) is 11.9. The summed E-state index contributed by atoms with van der Waals surface area (Å²) in [5, 5.41) is 0. The molecule has 1 amide bonds. The first-order valence-corrected chi connectivity index (χ1v) is 10.4. The molecule has 0 unspecified atom stereocenters. The summed E-state index contributed by atoms with van der Waals surface area (Å²) in [7, 11) is -3.51. The lowest BCUT2D eigenvalue weighted by molar-refractivity contribution is -0.131. The lowest BCUT2D eigenvalue weighted by Gasteiger charge is -2.25. The molecule has 0 atom stereocenters. The van der Waals surface area contributed by atoms with Crippen molar-refractivity contribution in [1.29, 1.82) is 0 Å². The fourth-order valence-electron chi connectivity index (χ4n) is 3.10. The molecular weight excluding hydrogens is 344 g/mol. The van der Waals surface area contributed by atoms with E-state index in [1.165, 1.54) is 4.31 Å². The molecule has 2 aliphatic heterocycles. The Bertz CT molecular complexity index is 727. The minimum Gasteiger partial charge on any atom is -0.454 e. The van der Waals surface area contributed by atoms with Gasteiger partial charge in [-0.2, -0.15) is 4.31 Å². The Morgan fingerprint density at radius 2 is 1.80 bits per heavy atom. The number of likely N-dealkylation sites (tertiary alicyclic amines) is 1. The van der Waals surface area contributed by atoms with E-state index in [1.807, 2.05) is 0 Å². The Morgan fingerprint density at radius 1 is 1.12 bits per heavy atom. The van der Waals surface area contributed by atoms with Crippen molar-refractivity contribution >= 4 is 15.9 Å². The van der Waals surface area contributed by atoms with Crippen LogP contribution in [0.3, 0.4) is 0 Å². The second kappa shape index (κ2) is 7.61. The number of rotatable bonds is 5. The first-order valence-electron chi connectivity index (χ1n) is 8.55. The van der Waals surface area contributed by atoms with Gasteiger partial charge in [-0.3, -0.25) is 4.79 Å². The molecule has 25 heavy (non-hydrogen) atoms. The number of sulfonamides is 1. The zero-order valence-corrected chi connectivity index (χ0v) is 15.3. The molecule has 0 radical (unpaired) electrons. The van der Waals surface area contributed by atoms with Gasteiger partial charge in [-0.25, -0.2) is 8.42 Å². The van der Waals surface area contributed by atoms with Gasteiger partial charge in [0.2, 0.25) is 22.7 Å². The fraction of sp³-hybridized carbons (Fsp3) is 0.588. The zero-order chi connectivity index (χ0) is 17.9. The minimum atomic E-state index is -3.51. The number of ether oxygens (including phenoxy) is 2. The molecule has 0 aromatic heterocycles. The summed E-state index contributed by atoms with van der Waals surface area (Å²) in [5.74, 6) is 1.12. The van der Waals surface area contributed by atoms with Gasteiger partial charge in [0.05, 0.1) is 12.8 Å². The molecule has 1 saturated heterocycles. The van der Waals surface area contributed by atoms with Crippen LogP contribution in [0.25, 0.3) is 0 Å². The molecule has 3 rings (SSSR count). The normalized spacial score (nSPS) is 17.6. The molecule has 0 spiro atoms. The first kappa shape index (κ1) is 18.0. The standard InChI is InChI=1S/C17H24N2O5S/c1-25(21,22)19(12-17(20)18-8-4-2-3-5-9-18)11-14-6-7-15-16(10-14)24-13-23-15/h6-7,10H,2-5,8-9,11-13H2,1H3. The Labute approximate surface area is 148 Å². The Balaban J connectivity index is 1.70. The molecule has 2 heterocycles. The van der Waals surface area contributed by atoms with Crippen molar-refractivity contribution in [2.24, 2.45) is 0 Å². The fourth-order valence-corrected chi connectivity index (χ4v) is 3.83. The van der Waals surface area contributed by atoms with Crippen molar-refractivity contribution in [1.82, 2.24) is 9.21 Å². The van der Waals surface area contributed by atoms with E-state index in [0.29, 0.717) is 24.6 Å². The molecule has 0 saturated carbocycles. The van der Waals surface area contributed by atoms with E-state index < -0.39 is 10.0 Å². The molecule has 1 aromatic rings. The second-order valence-corrected chi connectivity index (χ2v) is 8.50. The Kier molecular flexibility index (Phi) is 5.48. The van der Waals surface area contributed by atoms with Crippen LogP contribution in [0.4, 0.5) is 0 Å². The van der Waals surface area contributed by atoms with Crippen LogP contribution in [0.1, 0.15) is 31.2 Å². The monoisotopic (exact) mass is 368 g/mol. The maximum absolute atomic E-state index is 12.6. The predicted octanol–water partition coefficient (Wildman–Crippen LogP) is 1.58. The third-order valence-corrected chi connectivity index (χ3v) is 5.73. The zero-order valence-electron chi connectivity index (χ0n) is 14.4. The van der Waals surface area contributed by atoms with Crippen LogP contribution in [0.5, 0.6) is 11.5 Å². The summed E-state index contributed by atoms with van der Waals surface area (Å²) in [6, 6.07) is 5.31. The highest BCUT2D eigenvalue weighted by atomic mass is 32.2. The molecule has 0 bridgehead atoms. The molecule has 0 N–H and O–H groups in total. The van der Waals surface area contributed by atoms with Crippen molar-refractivity contribution in [3.8, 4) is 11.5 Å². The van der Waals surface area contributed by atoms with Gasteiger partial charge in [0.1, 0.15) is 0 Å². The molecule has 1 aromatic carbocycles. The van der Waals surface area contributed by atoms with Crippen LogP contribution in [-0.2, 0) is 21.4 Å². The molecule has 8 heteroatoms. The number of amides is 1. The number of carbonyl (C=O) groups is 1. The molecular formula is C17H24N2O5S. The number of fused-ring (bicyclic) bond motifs is 1. The smallest absolute Gasteiger partial charge is 0.237 e. The molecule has 138 valence electrons. The highest BCUT2D eigenvalue weighted by Crippen LogP contribution is 2.33. The Hall–Kier alpha value is -1.80. The number of nitrogens with zero attached hydrogens (tertiary/aromatic N) is 2. The lowest BCUT2D eigenvalue weighted by atomic mass is 10.2. The van der Waals surface area contributed by atoms with Crippen LogP contribution in [0, 0.1) is 0 Å². The molecule has 7 nitrogen and oxygen atoms in total. The summed E-state index contributed by atoms with van der Waals surface area (Å²) in [5.41, 5.74) is 0.762. The van der Waals surface area contributed by atoms with Crippen LogP contribution in [0.15, 0.2) is 18.2 Å². The highest BCUT2D eigenvalue weighted by Gasteiger charge is 2.25. The SMILES string of the molecule is CS(=O)(=O)N(CC(=O)N1CCCCCC1)Cc1ccc2c(c1)OCO2. The predicted molar refractivity (Wildman–Crippen MR) is 92.9 cm³/mol. The van der Waals surface area contributed by atoms with Crippen LogP contribution >= 0.6 is 0 Å². The van der Waals surface area contributed by atoms with E-state index in [0.717, 1.165) is 37.5 Å². The quantitative estimate of drug-likeness (QED) is 0.789. The van der Waals surface area contributed by atoms with E-state index in [9.17, 15) is 13.2 Å². The van der Waals surface area contributed by atoms with E-state index in [-0.39, 0.29) is 25.8 Å². The van der Waals surface area contributed by atoms with Crippen LogP contribution < -0.4 is 9.47 Å². The topological polar surface area (TPSA) is 76.2 Å². The van der Waals surface area contributed by atoms with Gasteiger partial charge in [-0.1, -0.05) is 18.9 Å². The molecule has 2 aliphatic rings. The summed E-state index contributed by atoms with van der Waals surface area (Å²) in [6.45, 7) is 1.59. The maximum Gasteiger partial charge on any atom is 0.237 e.